The number of carbonyl (C=O) groups is 1. The highest BCUT2D eigenvalue weighted by molar-refractivity contribution is 7.62. The molecule has 1 atom stereocenters. The second kappa shape index (κ2) is 16.9. The van der Waals surface area contributed by atoms with E-state index in [1.165, 1.54) is 13.2 Å². The molecule has 0 aliphatic rings. The van der Waals surface area contributed by atoms with E-state index in [2.05, 4.69) is 12.2 Å². The van der Waals surface area contributed by atoms with Gasteiger partial charge in [-0.25, -0.2) is 4.79 Å². The maximum Gasteiger partial charge on any atom is 0.419 e. The molecule has 0 saturated heterocycles. The molecule has 45 heavy (non-hydrogen) atoms. The molecule has 0 radical (unpaired) electrons. The van der Waals surface area contributed by atoms with Gasteiger partial charge in [0.1, 0.15) is 11.4 Å². The summed E-state index contributed by atoms with van der Waals surface area (Å²) in [5, 5.41) is 1.52. The van der Waals surface area contributed by atoms with Gasteiger partial charge in [-0.05, 0) is 64.2 Å². The van der Waals surface area contributed by atoms with E-state index in [4.69, 9.17) is 18.7 Å². The molecule has 1 aromatic rings. The van der Waals surface area contributed by atoms with Crippen LogP contribution < -0.4 is 10.1 Å². The Kier molecular flexibility index (Phi) is 15.5. The molecule has 1 aromatic carbocycles. The zero-order chi connectivity index (χ0) is 34.7. The summed E-state index contributed by atoms with van der Waals surface area (Å²) in [4.78, 5) is 13.1. The van der Waals surface area contributed by atoms with Crippen molar-refractivity contribution in [3.63, 3.8) is 0 Å². The highest BCUT2D eigenvalue weighted by Gasteiger charge is 2.49. The van der Waals surface area contributed by atoms with E-state index in [9.17, 15) is 22.5 Å². The molecule has 7 nitrogen and oxygen atoms in total. The number of nitrogens with one attached hydrogen (secondary N) is 1. The Morgan fingerprint density at radius 3 is 1.98 bits per heavy atom. The highest BCUT2D eigenvalue weighted by atomic mass is 31.2. The largest absolute Gasteiger partial charge is 0.493 e. The summed E-state index contributed by atoms with van der Waals surface area (Å²) >= 11 is 0. The standard InChI is InChI=1S/C34H59F3NO6P/c1-12-13-14-15-16-22-42-28-18-17-26(24-27(28)34(35,36)37)19-20-33(21-23-41-11,38-29(39)44-30(2,3)4)25-43-45(40,31(5,6)7)32(8,9)10/h17-18,24H,12-16,19-23,25H2,1-11H3,(H,38,39). The Morgan fingerprint density at radius 1 is 0.867 bits per heavy atom. The van der Waals surface area contributed by atoms with Gasteiger partial charge in [0, 0.05) is 24.0 Å². The first-order valence-corrected chi connectivity index (χ1v) is 17.7. The third-order valence-corrected chi connectivity index (χ3v) is 11.6. The van der Waals surface area contributed by atoms with Crippen LogP contribution in [0.1, 0.15) is 125 Å². The summed E-state index contributed by atoms with van der Waals surface area (Å²) in [5.41, 5.74) is -2.37. The number of halogens is 3. The van der Waals surface area contributed by atoms with Crippen LogP contribution in [0.5, 0.6) is 5.75 Å². The number of unbranched alkanes of at least 4 members (excludes halogenated alkanes) is 4. The molecule has 11 heteroatoms. The zero-order valence-corrected chi connectivity index (χ0v) is 30.4. The quantitative estimate of drug-likeness (QED) is 0.132. The van der Waals surface area contributed by atoms with Crippen LogP contribution in [0.2, 0.25) is 0 Å². The molecule has 1 rings (SSSR count). The van der Waals surface area contributed by atoms with E-state index in [0.29, 0.717) is 12.0 Å². The molecule has 1 amide bonds. The lowest BCUT2D eigenvalue weighted by atomic mass is 9.88. The van der Waals surface area contributed by atoms with E-state index < -0.39 is 46.7 Å². The number of aryl methyl sites for hydroxylation is 1. The van der Waals surface area contributed by atoms with Gasteiger partial charge in [-0.2, -0.15) is 13.2 Å². The second-order valence-corrected chi connectivity index (χ2v) is 19.0. The number of benzene rings is 1. The molecule has 0 fully saturated rings. The Balaban J connectivity index is 3.43. The number of alkyl carbamates (subject to hydrolysis) is 1. The van der Waals surface area contributed by atoms with E-state index in [1.807, 2.05) is 41.5 Å². The SMILES string of the molecule is CCCCCCCOc1ccc(CCC(CCOC)(COP(=O)(C(C)(C)C)C(C)(C)C)NC(=O)OC(C)(C)C)cc1C(F)(F)F. The number of alkyl halides is 3. The third kappa shape index (κ3) is 13.5. The van der Waals surface area contributed by atoms with Crippen LogP contribution in [-0.4, -0.2) is 54.5 Å². The molecule has 0 aliphatic carbocycles. The van der Waals surface area contributed by atoms with Crippen LogP contribution in [0.3, 0.4) is 0 Å². The zero-order valence-electron chi connectivity index (χ0n) is 29.5. The van der Waals surface area contributed by atoms with Gasteiger partial charge in [0.25, 0.3) is 0 Å². The van der Waals surface area contributed by atoms with Crippen molar-refractivity contribution in [3.05, 3.63) is 29.3 Å². The first kappa shape index (κ1) is 41.3. The van der Waals surface area contributed by atoms with E-state index in [-0.39, 0.29) is 44.8 Å². The number of amides is 1. The van der Waals surface area contributed by atoms with Crippen molar-refractivity contribution < 1.29 is 41.3 Å². The van der Waals surface area contributed by atoms with Crippen LogP contribution in [0.4, 0.5) is 18.0 Å². The molecule has 0 aliphatic heterocycles. The van der Waals surface area contributed by atoms with Crippen molar-refractivity contribution in [3.8, 4) is 5.75 Å². The summed E-state index contributed by atoms with van der Waals surface area (Å²) in [6.45, 7) is 18.7. The lowest BCUT2D eigenvalue weighted by Gasteiger charge is -2.43. The monoisotopic (exact) mass is 665 g/mol. The Hall–Kier alpha value is -1.77. The number of hydrogen-bond acceptors (Lipinski definition) is 6. The molecule has 1 N–H and O–H groups in total. The first-order chi connectivity index (χ1) is 20.5. The lowest BCUT2D eigenvalue weighted by molar-refractivity contribution is -0.139. The lowest BCUT2D eigenvalue weighted by Crippen LogP contribution is -2.54. The molecule has 1 unspecified atom stereocenters. The third-order valence-electron chi connectivity index (χ3n) is 7.59. The molecule has 0 heterocycles. The van der Waals surface area contributed by atoms with Crippen molar-refractivity contribution in [1.29, 1.82) is 0 Å². The van der Waals surface area contributed by atoms with Gasteiger partial charge < -0.3 is 24.1 Å². The van der Waals surface area contributed by atoms with Crippen molar-refractivity contribution in [1.82, 2.24) is 5.32 Å². The second-order valence-electron chi connectivity index (χ2n) is 14.9. The van der Waals surface area contributed by atoms with Crippen LogP contribution >= 0.6 is 7.37 Å². The Bertz CT molecular complexity index is 1090. The minimum absolute atomic E-state index is 0.146. The van der Waals surface area contributed by atoms with Crippen molar-refractivity contribution in [2.24, 2.45) is 0 Å². The maximum atomic E-state index is 14.4. The number of carbonyl (C=O) groups excluding carboxylic acids is 1. The molecule has 262 valence electrons. The fourth-order valence-corrected chi connectivity index (χ4v) is 8.42. The van der Waals surface area contributed by atoms with Crippen molar-refractivity contribution in [2.75, 3.05) is 26.9 Å². The summed E-state index contributed by atoms with van der Waals surface area (Å²) in [7, 11) is -1.83. The predicted molar refractivity (Wildman–Crippen MR) is 176 cm³/mol. The fourth-order valence-electron chi connectivity index (χ4n) is 5.21. The summed E-state index contributed by atoms with van der Waals surface area (Å²) in [6.07, 6.45) is 0.0703. The number of hydrogen-bond donors (Lipinski definition) is 1. The molecule has 0 spiro atoms. The normalized spacial score (nSPS) is 14.6. The molecule has 0 aromatic heterocycles. The predicted octanol–water partition coefficient (Wildman–Crippen LogP) is 10.2. The number of rotatable bonds is 17. The van der Waals surface area contributed by atoms with Gasteiger partial charge in [0.2, 0.25) is 7.37 Å². The average molecular weight is 666 g/mol. The highest BCUT2D eigenvalue weighted by Crippen LogP contribution is 2.67. The fraction of sp³-hybridized carbons (Fsp3) is 0.794. The average Bonchev–Trinajstić information content (AvgIpc) is 2.88. The Labute approximate surface area is 270 Å². The molecule has 0 bridgehead atoms. The van der Waals surface area contributed by atoms with Crippen molar-refractivity contribution >= 4 is 13.5 Å². The van der Waals surface area contributed by atoms with Crippen molar-refractivity contribution in [2.45, 2.75) is 148 Å². The minimum atomic E-state index is -4.61. The van der Waals surface area contributed by atoms with E-state index >= 15 is 0 Å². The van der Waals surface area contributed by atoms with Crippen LogP contribution in [-0.2, 0) is 31.2 Å². The van der Waals surface area contributed by atoms with Gasteiger partial charge in [-0.3, -0.25) is 4.57 Å². The molecule has 0 saturated carbocycles. The smallest absolute Gasteiger partial charge is 0.419 e. The Morgan fingerprint density at radius 2 is 1.47 bits per heavy atom. The van der Waals surface area contributed by atoms with Gasteiger partial charge >= 0.3 is 12.3 Å². The summed E-state index contributed by atoms with van der Waals surface area (Å²) in [6, 6.07) is 4.09. The van der Waals surface area contributed by atoms with Gasteiger partial charge in [0.05, 0.1) is 24.3 Å². The number of ether oxygens (including phenoxy) is 3. The number of methoxy groups -OCH3 is 1. The van der Waals surface area contributed by atoms with E-state index in [0.717, 1.165) is 31.7 Å². The minimum Gasteiger partial charge on any atom is -0.493 e. The topological polar surface area (TPSA) is 83.1 Å². The molecular formula is C34H59F3NO6P. The summed E-state index contributed by atoms with van der Waals surface area (Å²) in [5.74, 6) is -0.195. The van der Waals surface area contributed by atoms with Crippen LogP contribution in [0.25, 0.3) is 0 Å². The summed E-state index contributed by atoms with van der Waals surface area (Å²) < 4.78 is 79.6. The first-order valence-electron chi connectivity index (χ1n) is 16.1. The van der Waals surface area contributed by atoms with Gasteiger partial charge in [-0.15, -0.1) is 0 Å². The maximum absolute atomic E-state index is 14.4. The van der Waals surface area contributed by atoms with E-state index in [1.54, 1.807) is 26.8 Å². The van der Waals surface area contributed by atoms with Gasteiger partial charge in [-0.1, -0.05) is 80.2 Å². The van der Waals surface area contributed by atoms with Crippen LogP contribution in [0.15, 0.2) is 18.2 Å². The van der Waals surface area contributed by atoms with Crippen LogP contribution in [0, 0.1) is 0 Å². The molecular weight excluding hydrogens is 606 g/mol. The van der Waals surface area contributed by atoms with Gasteiger partial charge in [0.15, 0.2) is 0 Å².